The van der Waals surface area contributed by atoms with Gasteiger partial charge in [0, 0.05) is 30.2 Å². The monoisotopic (exact) mass is 538 g/mol. The lowest BCUT2D eigenvalue weighted by atomic mass is 9.94. The Labute approximate surface area is 224 Å². The van der Waals surface area contributed by atoms with Crippen molar-refractivity contribution < 1.29 is 32.5 Å². The Balaban J connectivity index is 1.40. The number of aliphatic carboxylic acids is 1. The van der Waals surface area contributed by atoms with E-state index < -0.39 is 15.8 Å². The molecule has 0 saturated heterocycles. The fraction of sp³-hybridized carbons (Fsp3) is 0.367. The summed E-state index contributed by atoms with van der Waals surface area (Å²) in [6, 6.07) is 18.0. The van der Waals surface area contributed by atoms with Crippen molar-refractivity contribution in [3.63, 3.8) is 0 Å². The molecule has 3 aromatic rings. The highest BCUT2D eigenvalue weighted by Crippen LogP contribution is 2.39. The van der Waals surface area contributed by atoms with Crippen LogP contribution in [0.15, 0.2) is 54.6 Å². The van der Waals surface area contributed by atoms with Crippen molar-refractivity contribution in [2.24, 2.45) is 0 Å². The molecule has 0 aromatic heterocycles. The number of carboxylic acid groups (broad SMARTS) is 1. The highest BCUT2D eigenvalue weighted by atomic mass is 32.2. The third-order valence-electron chi connectivity index (χ3n) is 6.63. The number of fused-ring (bicyclic) bond motifs is 1. The molecule has 0 radical (unpaired) electrons. The SMILES string of the molecule is Cc1cc(OCCCS(C)(=O)=O)cc(C)c1-c1cccc(COc2ccc3c(c2)OC[C@H]3CCC(=O)O)c1. The van der Waals surface area contributed by atoms with Crippen LogP contribution in [-0.2, 0) is 21.2 Å². The maximum atomic E-state index is 11.3. The zero-order valence-electron chi connectivity index (χ0n) is 22.0. The molecule has 1 atom stereocenters. The van der Waals surface area contributed by atoms with E-state index in [-0.39, 0.29) is 18.1 Å². The minimum atomic E-state index is -2.99. The number of rotatable bonds is 12. The maximum Gasteiger partial charge on any atom is 0.303 e. The predicted molar refractivity (Wildman–Crippen MR) is 147 cm³/mol. The fourth-order valence-electron chi connectivity index (χ4n) is 4.84. The van der Waals surface area contributed by atoms with Gasteiger partial charge in [0.05, 0.1) is 19.0 Å². The van der Waals surface area contributed by atoms with Crippen LogP contribution >= 0.6 is 0 Å². The highest BCUT2D eigenvalue weighted by Gasteiger charge is 2.25. The Hall–Kier alpha value is -3.52. The van der Waals surface area contributed by atoms with Gasteiger partial charge in [-0.25, -0.2) is 8.42 Å². The summed E-state index contributed by atoms with van der Waals surface area (Å²) in [5.41, 5.74) is 6.44. The van der Waals surface area contributed by atoms with Gasteiger partial charge in [-0.1, -0.05) is 24.3 Å². The van der Waals surface area contributed by atoms with Crippen LogP contribution in [0.3, 0.4) is 0 Å². The Morgan fingerprint density at radius 2 is 1.79 bits per heavy atom. The summed E-state index contributed by atoms with van der Waals surface area (Å²) in [7, 11) is -2.99. The number of benzene rings is 3. The van der Waals surface area contributed by atoms with E-state index >= 15 is 0 Å². The number of carboxylic acids is 1. The quantitative estimate of drug-likeness (QED) is 0.295. The molecule has 202 valence electrons. The summed E-state index contributed by atoms with van der Waals surface area (Å²) in [6.45, 7) is 5.34. The van der Waals surface area contributed by atoms with Gasteiger partial charge < -0.3 is 19.3 Å². The first-order valence-electron chi connectivity index (χ1n) is 12.7. The van der Waals surface area contributed by atoms with E-state index in [1.165, 1.54) is 6.26 Å². The summed E-state index contributed by atoms with van der Waals surface area (Å²) < 4.78 is 40.3. The average molecular weight is 539 g/mol. The van der Waals surface area contributed by atoms with Crippen molar-refractivity contribution in [1.82, 2.24) is 0 Å². The zero-order chi connectivity index (χ0) is 27.3. The molecule has 7 nitrogen and oxygen atoms in total. The van der Waals surface area contributed by atoms with Crippen molar-refractivity contribution in [3.05, 3.63) is 76.9 Å². The Morgan fingerprint density at radius 1 is 1.03 bits per heavy atom. The van der Waals surface area contributed by atoms with Crippen LogP contribution in [0.25, 0.3) is 11.1 Å². The summed E-state index contributed by atoms with van der Waals surface area (Å²) >= 11 is 0. The number of sulfone groups is 1. The lowest BCUT2D eigenvalue weighted by molar-refractivity contribution is -0.137. The number of hydrogen-bond donors (Lipinski definition) is 1. The Morgan fingerprint density at radius 3 is 2.50 bits per heavy atom. The largest absolute Gasteiger partial charge is 0.494 e. The molecule has 0 saturated carbocycles. The molecule has 0 fully saturated rings. The Kier molecular flexibility index (Phi) is 8.62. The van der Waals surface area contributed by atoms with E-state index in [4.69, 9.17) is 19.3 Å². The molecular formula is C30H34O7S. The topological polar surface area (TPSA) is 99.1 Å². The minimum Gasteiger partial charge on any atom is -0.494 e. The first kappa shape index (κ1) is 27.5. The Bertz CT molecular complexity index is 1390. The molecular weight excluding hydrogens is 504 g/mol. The van der Waals surface area contributed by atoms with Gasteiger partial charge in [-0.05, 0) is 78.8 Å². The summed E-state index contributed by atoms with van der Waals surface area (Å²) in [6.07, 6.45) is 2.38. The molecule has 1 heterocycles. The van der Waals surface area contributed by atoms with Crippen LogP contribution in [0.5, 0.6) is 17.2 Å². The standard InChI is InChI=1S/C30H34O7S/c1-20-14-26(35-12-5-13-38(3,33)34)15-21(2)30(20)23-7-4-6-22(16-23)18-36-25-9-10-27-24(8-11-29(31)32)19-37-28(27)17-25/h4,6-7,9-10,14-17,24H,5,8,11-13,18-19H2,1-3H3,(H,31,32)/t24-/m1/s1. The molecule has 0 amide bonds. The van der Waals surface area contributed by atoms with Crippen LogP contribution < -0.4 is 14.2 Å². The first-order valence-corrected chi connectivity index (χ1v) is 14.8. The van der Waals surface area contributed by atoms with Gasteiger partial charge in [-0.15, -0.1) is 0 Å². The molecule has 38 heavy (non-hydrogen) atoms. The van der Waals surface area contributed by atoms with Gasteiger partial charge in [0.15, 0.2) is 0 Å². The lowest BCUT2D eigenvalue weighted by Gasteiger charge is -2.15. The van der Waals surface area contributed by atoms with Crippen molar-refractivity contribution in [1.29, 1.82) is 0 Å². The van der Waals surface area contributed by atoms with Gasteiger partial charge in [0.2, 0.25) is 0 Å². The highest BCUT2D eigenvalue weighted by molar-refractivity contribution is 7.90. The molecule has 3 aromatic carbocycles. The van der Waals surface area contributed by atoms with Gasteiger partial charge in [-0.2, -0.15) is 0 Å². The van der Waals surface area contributed by atoms with Crippen LogP contribution in [0.4, 0.5) is 0 Å². The maximum absolute atomic E-state index is 11.3. The van der Waals surface area contributed by atoms with E-state index in [1.54, 1.807) is 0 Å². The van der Waals surface area contributed by atoms with Gasteiger partial charge in [0.25, 0.3) is 0 Å². The smallest absolute Gasteiger partial charge is 0.303 e. The molecule has 1 aliphatic rings. The number of aryl methyl sites for hydroxylation is 2. The molecule has 4 rings (SSSR count). The number of carbonyl (C=O) groups is 1. The van der Waals surface area contributed by atoms with Gasteiger partial charge >= 0.3 is 5.97 Å². The van der Waals surface area contributed by atoms with Crippen molar-refractivity contribution in [2.75, 3.05) is 25.2 Å². The molecule has 8 heteroatoms. The van der Waals surface area contributed by atoms with E-state index in [0.717, 1.165) is 44.9 Å². The summed E-state index contributed by atoms with van der Waals surface area (Å²) in [5, 5.41) is 8.96. The van der Waals surface area contributed by atoms with Crippen LogP contribution in [0.2, 0.25) is 0 Å². The van der Waals surface area contributed by atoms with Crippen molar-refractivity contribution >= 4 is 15.8 Å². The molecule has 0 spiro atoms. The van der Waals surface area contributed by atoms with Crippen LogP contribution in [-0.4, -0.2) is 44.7 Å². The molecule has 0 unspecified atom stereocenters. The third-order valence-corrected chi connectivity index (χ3v) is 7.66. The van der Waals surface area contributed by atoms with Gasteiger partial charge in [0.1, 0.15) is 33.7 Å². The van der Waals surface area contributed by atoms with E-state index in [2.05, 4.69) is 12.1 Å². The third kappa shape index (κ3) is 7.28. The molecule has 1 N–H and O–H groups in total. The molecule has 0 bridgehead atoms. The second kappa shape index (κ2) is 11.9. The second-order valence-electron chi connectivity index (χ2n) is 9.89. The molecule has 0 aliphatic carbocycles. The molecule has 1 aliphatic heterocycles. The van der Waals surface area contributed by atoms with Crippen LogP contribution in [0.1, 0.15) is 47.4 Å². The zero-order valence-corrected chi connectivity index (χ0v) is 22.8. The van der Waals surface area contributed by atoms with Crippen molar-refractivity contribution in [3.8, 4) is 28.4 Å². The second-order valence-corrected chi connectivity index (χ2v) is 12.2. The van der Waals surface area contributed by atoms with Crippen LogP contribution in [0, 0.1) is 13.8 Å². The number of hydrogen-bond acceptors (Lipinski definition) is 6. The normalized spacial score (nSPS) is 14.6. The fourth-order valence-corrected chi connectivity index (χ4v) is 5.48. The summed E-state index contributed by atoms with van der Waals surface area (Å²) in [4.78, 5) is 10.9. The average Bonchev–Trinajstić information content (AvgIpc) is 3.26. The lowest BCUT2D eigenvalue weighted by Crippen LogP contribution is -2.08. The van der Waals surface area contributed by atoms with E-state index in [0.29, 0.717) is 38.4 Å². The predicted octanol–water partition coefficient (Wildman–Crippen LogP) is 5.70. The minimum absolute atomic E-state index is 0.0996. The first-order chi connectivity index (χ1) is 18.1. The van der Waals surface area contributed by atoms with E-state index in [1.807, 2.05) is 56.3 Å². The van der Waals surface area contributed by atoms with Crippen molar-refractivity contribution in [2.45, 2.75) is 45.6 Å². The van der Waals surface area contributed by atoms with Gasteiger partial charge in [-0.3, -0.25) is 4.79 Å². The van der Waals surface area contributed by atoms with E-state index in [9.17, 15) is 13.2 Å². The number of ether oxygens (including phenoxy) is 3. The summed E-state index contributed by atoms with van der Waals surface area (Å²) in [5.74, 6) is 1.62.